The lowest BCUT2D eigenvalue weighted by atomic mass is 10.1. The molecule has 1 unspecified atom stereocenters. The lowest BCUT2D eigenvalue weighted by Crippen LogP contribution is -2.12. The summed E-state index contributed by atoms with van der Waals surface area (Å²) in [6.45, 7) is 2.70. The van der Waals surface area contributed by atoms with E-state index in [0.717, 1.165) is 30.7 Å². The molecule has 1 atom stereocenters. The van der Waals surface area contributed by atoms with Crippen LogP contribution in [-0.4, -0.2) is 12.0 Å². The largest absolute Gasteiger partial charge is 0.487 e. The van der Waals surface area contributed by atoms with Crippen LogP contribution in [0.4, 0.5) is 0 Å². The molecule has 2 aromatic rings. The Morgan fingerprint density at radius 3 is 3.10 bits per heavy atom. The van der Waals surface area contributed by atoms with Gasteiger partial charge in [0, 0.05) is 11.4 Å². The highest BCUT2D eigenvalue weighted by Gasteiger charge is 2.23. The Kier molecular flexibility index (Phi) is 4.03. The van der Waals surface area contributed by atoms with E-state index in [1.165, 1.54) is 16.1 Å². The van der Waals surface area contributed by atoms with Crippen LogP contribution >= 0.6 is 11.3 Å². The molecule has 0 aliphatic heterocycles. The molecule has 106 valence electrons. The summed E-state index contributed by atoms with van der Waals surface area (Å²) in [5.41, 5.74) is 3.78. The number of ether oxygens (including phenoxy) is 1. The van der Waals surface area contributed by atoms with E-state index in [4.69, 9.17) is 4.74 Å². The third-order valence-electron chi connectivity index (χ3n) is 3.85. The van der Waals surface area contributed by atoms with Crippen molar-refractivity contribution in [3.63, 3.8) is 0 Å². The minimum Gasteiger partial charge on any atom is -0.487 e. The minimum atomic E-state index is 0.472. The Bertz CT molecular complexity index is 594. The molecule has 1 aromatic carbocycles. The summed E-state index contributed by atoms with van der Waals surface area (Å²) >= 11 is 1.71. The van der Waals surface area contributed by atoms with Crippen LogP contribution in [0.5, 0.6) is 5.75 Å². The van der Waals surface area contributed by atoms with Gasteiger partial charge in [0.05, 0.1) is 10.7 Å². The maximum atomic E-state index is 6.00. The lowest BCUT2D eigenvalue weighted by Gasteiger charge is -2.12. The molecule has 0 bridgehead atoms. The van der Waals surface area contributed by atoms with Crippen LogP contribution < -0.4 is 10.1 Å². The average Bonchev–Trinajstić information content (AvgIpc) is 3.11. The summed E-state index contributed by atoms with van der Waals surface area (Å²) in [7, 11) is 2.02. The highest BCUT2D eigenvalue weighted by Crippen LogP contribution is 2.36. The lowest BCUT2D eigenvalue weighted by molar-refractivity contribution is 0.299. The monoisotopic (exact) mass is 288 g/mol. The Hall–Kier alpha value is -1.39. The predicted molar refractivity (Wildman–Crippen MR) is 82.4 cm³/mol. The summed E-state index contributed by atoms with van der Waals surface area (Å²) in [5, 5.41) is 6.64. The molecule has 3 rings (SSSR count). The maximum Gasteiger partial charge on any atom is 0.131 e. The van der Waals surface area contributed by atoms with Crippen molar-refractivity contribution >= 4 is 11.3 Å². The molecule has 1 aliphatic carbocycles. The van der Waals surface area contributed by atoms with Crippen LogP contribution in [0.1, 0.15) is 41.2 Å². The number of nitrogens with one attached hydrogen (secondary N) is 1. The Morgan fingerprint density at radius 2 is 2.35 bits per heavy atom. The van der Waals surface area contributed by atoms with Crippen molar-refractivity contribution in [1.82, 2.24) is 10.3 Å². The molecule has 1 aliphatic rings. The second kappa shape index (κ2) is 5.94. The molecule has 0 saturated heterocycles. The SMILES string of the molecule is CCc1nc(COc2cccc3c2CCC3NC)cs1. The van der Waals surface area contributed by atoms with Crippen LogP contribution in [0, 0.1) is 0 Å². The van der Waals surface area contributed by atoms with Crippen LogP contribution in [0.3, 0.4) is 0 Å². The van der Waals surface area contributed by atoms with Gasteiger partial charge in [-0.1, -0.05) is 19.1 Å². The highest BCUT2D eigenvalue weighted by molar-refractivity contribution is 7.09. The van der Waals surface area contributed by atoms with E-state index in [1.807, 2.05) is 7.05 Å². The molecule has 0 saturated carbocycles. The number of fused-ring (bicyclic) bond motifs is 1. The zero-order valence-electron chi connectivity index (χ0n) is 12.0. The standard InChI is InChI=1S/C16H20N2OS/c1-3-16-18-11(10-20-16)9-19-15-6-4-5-12-13(15)7-8-14(12)17-2/h4-6,10,14,17H,3,7-9H2,1-2H3. The third-order valence-corrected chi connectivity index (χ3v) is 4.90. The number of aromatic nitrogens is 1. The zero-order chi connectivity index (χ0) is 13.9. The van der Waals surface area contributed by atoms with E-state index in [-0.39, 0.29) is 0 Å². The fourth-order valence-electron chi connectivity index (χ4n) is 2.79. The van der Waals surface area contributed by atoms with Crippen molar-refractivity contribution in [2.45, 2.75) is 38.8 Å². The molecule has 0 radical (unpaired) electrons. The average molecular weight is 288 g/mol. The molecule has 1 N–H and O–H groups in total. The number of thiazole rings is 1. The first-order valence-electron chi connectivity index (χ1n) is 7.17. The summed E-state index contributed by atoms with van der Waals surface area (Å²) < 4.78 is 6.00. The summed E-state index contributed by atoms with van der Waals surface area (Å²) in [6.07, 6.45) is 3.24. The van der Waals surface area contributed by atoms with Gasteiger partial charge in [0.1, 0.15) is 12.4 Å². The quantitative estimate of drug-likeness (QED) is 0.914. The Labute approximate surface area is 124 Å². The minimum absolute atomic E-state index is 0.472. The molecule has 1 heterocycles. The molecule has 0 spiro atoms. The Balaban J connectivity index is 1.74. The molecule has 1 aromatic heterocycles. The number of hydrogen-bond acceptors (Lipinski definition) is 4. The topological polar surface area (TPSA) is 34.1 Å². The summed E-state index contributed by atoms with van der Waals surface area (Å²) in [6, 6.07) is 6.83. The third kappa shape index (κ3) is 2.58. The first kappa shape index (κ1) is 13.6. The molecule has 20 heavy (non-hydrogen) atoms. The number of rotatable bonds is 5. The summed E-state index contributed by atoms with van der Waals surface area (Å²) in [4.78, 5) is 4.55. The van der Waals surface area contributed by atoms with Gasteiger partial charge in [0.2, 0.25) is 0 Å². The van der Waals surface area contributed by atoms with E-state index >= 15 is 0 Å². The van der Waals surface area contributed by atoms with E-state index < -0.39 is 0 Å². The second-order valence-corrected chi connectivity index (χ2v) is 6.02. The number of aryl methyl sites for hydroxylation is 1. The van der Waals surface area contributed by atoms with Crippen molar-refractivity contribution in [3.8, 4) is 5.75 Å². The fraction of sp³-hybridized carbons (Fsp3) is 0.438. The molecular weight excluding hydrogens is 268 g/mol. The number of hydrogen-bond donors (Lipinski definition) is 1. The van der Waals surface area contributed by atoms with E-state index in [9.17, 15) is 0 Å². The van der Waals surface area contributed by atoms with Crippen molar-refractivity contribution in [2.24, 2.45) is 0 Å². The van der Waals surface area contributed by atoms with Crippen molar-refractivity contribution in [1.29, 1.82) is 0 Å². The van der Waals surface area contributed by atoms with Gasteiger partial charge in [-0.15, -0.1) is 11.3 Å². The first-order valence-corrected chi connectivity index (χ1v) is 8.05. The van der Waals surface area contributed by atoms with Crippen LogP contribution in [-0.2, 0) is 19.4 Å². The number of benzene rings is 1. The maximum absolute atomic E-state index is 6.00. The van der Waals surface area contributed by atoms with Crippen molar-refractivity contribution in [2.75, 3.05) is 7.05 Å². The van der Waals surface area contributed by atoms with Gasteiger partial charge in [0.15, 0.2) is 0 Å². The van der Waals surface area contributed by atoms with Gasteiger partial charge in [-0.25, -0.2) is 4.98 Å². The van der Waals surface area contributed by atoms with E-state index in [0.29, 0.717) is 12.6 Å². The Morgan fingerprint density at radius 1 is 1.45 bits per heavy atom. The van der Waals surface area contributed by atoms with Crippen LogP contribution in [0.2, 0.25) is 0 Å². The van der Waals surface area contributed by atoms with Gasteiger partial charge in [-0.3, -0.25) is 0 Å². The van der Waals surface area contributed by atoms with Gasteiger partial charge in [-0.2, -0.15) is 0 Å². The van der Waals surface area contributed by atoms with E-state index in [1.54, 1.807) is 11.3 Å². The molecule has 3 nitrogen and oxygen atoms in total. The molecule has 4 heteroatoms. The molecule has 0 fully saturated rings. The van der Waals surface area contributed by atoms with Crippen LogP contribution in [0.25, 0.3) is 0 Å². The number of nitrogens with zero attached hydrogens (tertiary/aromatic N) is 1. The van der Waals surface area contributed by atoms with Crippen molar-refractivity contribution < 1.29 is 4.74 Å². The zero-order valence-corrected chi connectivity index (χ0v) is 12.8. The van der Waals surface area contributed by atoms with Gasteiger partial charge < -0.3 is 10.1 Å². The normalized spacial score (nSPS) is 17.2. The van der Waals surface area contributed by atoms with Gasteiger partial charge in [-0.05, 0) is 43.5 Å². The first-order chi connectivity index (χ1) is 9.81. The molecular formula is C16H20N2OS. The fourth-order valence-corrected chi connectivity index (χ4v) is 3.51. The predicted octanol–water partition coefficient (Wildman–Crippen LogP) is 3.49. The smallest absolute Gasteiger partial charge is 0.131 e. The van der Waals surface area contributed by atoms with Gasteiger partial charge >= 0.3 is 0 Å². The molecule has 0 amide bonds. The van der Waals surface area contributed by atoms with E-state index in [2.05, 4.69) is 40.8 Å². The highest BCUT2D eigenvalue weighted by atomic mass is 32.1. The van der Waals surface area contributed by atoms with Crippen LogP contribution in [0.15, 0.2) is 23.6 Å². The van der Waals surface area contributed by atoms with Gasteiger partial charge in [0.25, 0.3) is 0 Å². The van der Waals surface area contributed by atoms with Crippen molar-refractivity contribution in [3.05, 3.63) is 45.4 Å². The second-order valence-electron chi connectivity index (χ2n) is 5.08. The summed E-state index contributed by atoms with van der Waals surface area (Å²) in [5.74, 6) is 1.02.